The van der Waals surface area contributed by atoms with Gasteiger partial charge in [-0.2, -0.15) is 0 Å². The van der Waals surface area contributed by atoms with Crippen molar-refractivity contribution in [3.05, 3.63) is 28.3 Å². The lowest BCUT2D eigenvalue weighted by atomic mass is 9.87. The molecule has 3 heterocycles. The number of carboxylic acid groups (broad SMARTS) is 1. The van der Waals surface area contributed by atoms with Crippen LogP contribution >= 0.6 is 11.3 Å². The van der Waals surface area contributed by atoms with E-state index in [4.69, 9.17) is 5.11 Å². The molecule has 0 radical (unpaired) electrons. The molecule has 1 saturated heterocycles. The van der Waals surface area contributed by atoms with Gasteiger partial charge in [0.25, 0.3) is 5.91 Å². The molecule has 0 spiro atoms. The number of likely N-dealkylation sites (tertiary alicyclic amines) is 1. The van der Waals surface area contributed by atoms with Crippen molar-refractivity contribution in [3.8, 4) is 11.3 Å². The summed E-state index contributed by atoms with van der Waals surface area (Å²) in [5, 5.41) is 12.1. The van der Waals surface area contributed by atoms with E-state index in [-0.39, 0.29) is 17.7 Å². The van der Waals surface area contributed by atoms with Crippen LogP contribution in [0.25, 0.3) is 11.3 Å². The van der Waals surface area contributed by atoms with E-state index in [9.17, 15) is 9.59 Å². The van der Waals surface area contributed by atoms with Crippen molar-refractivity contribution < 1.29 is 14.7 Å². The number of aromatic amines is 1. The van der Waals surface area contributed by atoms with Gasteiger partial charge in [-0.1, -0.05) is 6.92 Å². The predicted molar refractivity (Wildman–Crippen MR) is 87.4 cm³/mol. The summed E-state index contributed by atoms with van der Waals surface area (Å²) in [6.45, 7) is 4.78. The Morgan fingerprint density at radius 2 is 2.26 bits per heavy atom. The number of H-pyrrole nitrogens is 1. The van der Waals surface area contributed by atoms with E-state index >= 15 is 0 Å². The summed E-state index contributed by atoms with van der Waals surface area (Å²) < 4.78 is 0. The number of carboxylic acids is 1. The highest BCUT2D eigenvalue weighted by molar-refractivity contribution is 7.09. The Bertz CT molecular complexity index is 737. The number of carbonyl (C=O) groups is 2. The number of carbonyl (C=O) groups excluding carboxylic acids is 1. The number of hydrogen-bond acceptors (Lipinski definition) is 4. The Morgan fingerprint density at radius 1 is 1.48 bits per heavy atom. The minimum atomic E-state index is -0.773. The summed E-state index contributed by atoms with van der Waals surface area (Å²) in [7, 11) is 0. The highest BCUT2D eigenvalue weighted by atomic mass is 32.1. The van der Waals surface area contributed by atoms with Crippen molar-refractivity contribution in [1.82, 2.24) is 14.9 Å². The highest BCUT2D eigenvalue weighted by Crippen LogP contribution is 2.26. The normalized spacial score (nSPS) is 21.4. The first-order chi connectivity index (χ1) is 11.0. The topological polar surface area (TPSA) is 86.3 Å². The van der Waals surface area contributed by atoms with Gasteiger partial charge in [0, 0.05) is 30.2 Å². The van der Waals surface area contributed by atoms with Crippen LogP contribution in [0.1, 0.15) is 28.8 Å². The molecule has 2 N–H and O–H groups in total. The van der Waals surface area contributed by atoms with Crippen LogP contribution in [0.5, 0.6) is 0 Å². The molecule has 0 aliphatic carbocycles. The minimum Gasteiger partial charge on any atom is -0.481 e. The Hall–Kier alpha value is -2.15. The van der Waals surface area contributed by atoms with Crippen LogP contribution in [0, 0.1) is 18.8 Å². The molecule has 7 heteroatoms. The Labute approximate surface area is 138 Å². The fraction of sp³-hybridized carbons (Fsp3) is 0.438. The third kappa shape index (κ3) is 3.14. The average Bonchev–Trinajstić information content (AvgIpc) is 3.14. The van der Waals surface area contributed by atoms with E-state index in [0.29, 0.717) is 25.2 Å². The number of aryl methyl sites for hydroxylation is 1. The first-order valence-corrected chi connectivity index (χ1v) is 8.46. The molecule has 2 unspecified atom stereocenters. The van der Waals surface area contributed by atoms with Gasteiger partial charge in [0.2, 0.25) is 0 Å². The number of rotatable bonds is 3. The number of nitrogens with zero attached hydrogens (tertiary/aromatic N) is 2. The van der Waals surface area contributed by atoms with Crippen LogP contribution in [0.15, 0.2) is 17.6 Å². The Balaban J connectivity index is 1.72. The third-order valence-electron chi connectivity index (χ3n) is 4.34. The summed E-state index contributed by atoms with van der Waals surface area (Å²) in [5.74, 6) is -1.26. The fourth-order valence-electron chi connectivity index (χ4n) is 3.03. The number of aromatic nitrogens is 2. The quantitative estimate of drug-likeness (QED) is 0.904. The smallest absolute Gasteiger partial charge is 0.306 e. The minimum absolute atomic E-state index is 0.0409. The van der Waals surface area contributed by atoms with Crippen molar-refractivity contribution in [2.24, 2.45) is 11.8 Å². The van der Waals surface area contributed by atoms with Gasteiger partial charge < -0.3 is 15.0 Å². The number of amides is 1. The van der Waals surface area contributed by atoms with Crippen LogP contribution < -0.4 is 0 Å². The average molecular weight is 333 g/mol. The zero-order chi connectivity index (χ0) is 16.6. The van der Waals surface area contributed by atoms with Crippen LogP contribution in [0.3, 0.4) is 0 Å². The summed E-state index contributed by atoms with van der Waals surface area (Å²) in [6, 6.07) is 1.81. The van der Waals surface area contributed by atoms with E-state index in [1.54, 1.807) is 22.4 Å². The number of thiazole rings is 1. The number of aliphatic carboxylic acids is 1. The summed E-state index contributed by atoms with van der Waals surface area (Å²) in [6.07, 6.45) is 2.29. The molecule has 2 aromatic rings. The lowest BCUT2D eigenvalue weighted by Crippen LogP contribution is -2.45. The van der Waals surface area contributed by atoms with E-state index in [1.807, 2.05) is 25.3 Å². The second kappa shape index (κ2) is 6.16. The predicted octanol–water partition coefficient (Wildman–Crippen LogP) is 2.63. The largest absolute Gasteiger partial charge is 0.481 e. The second-order valence-electron chi connectivity index (χ2n) is 6.02. The molecule has 1 amide bonds. The summed E-state index contributed by atoms with van der Waals surface area (Å²) in [5.41, 5.74) is 2.28. The molecule has 2 atom stereocenters. The molecular weight excluding hydrogens is 314 g/mol. The third-order valence-corrected chi connectivity index (χ3v) is 5.11. The van der Waals surface area contributed by atoms with Crippen LogP contribution in [-0.4, -0.2) is 44.9 Å². The van der Waals surface area contributed by atoms with Crippen molar-refractivity contribution in [2.75, 3.05) is 13.1 Å². The van der Waals surface area contributed by atoms with Gasteiger partial charge in [0.1, 0.15) is 5.69 Å². The number of hydrogen-bond donors (Lipinski definition) is 2. The first kappa shape index (κ1) is 15.7. The van der Waals surface area contributed by atoms with Gasteiger partial charge in [-0.05, 0) is 25.3 Å². The molecule has 1 fully saturated rings. The number of piperidine rings is 1. The maximum atomic E-state index is 12.6. The Kier molecular flexibility index (Phi) is 4.21. The van der Waals surface area contributed by atoms with Crippen LogP contribution in [0.2, 0.25) is 0 Å². The molecule has 0 saturated carbocycles. The lowest BCUT2D eigenvalue weighted by Gasteiger charge is -2.34. The van der Waals surface area contributed by atoms with Crippen molar-refractivity contribution in [1.29, 1.82) is 0 Å². The lowest BCUT2D eigenvalue weighted by molar-refractivity contribution is -0.145. The summed E-state index contributed by atoms with van der Waals surface area (Å²) in [4.78, 5) is 32.9. The molecule has 122 valence electrons. The van der Waals surface area contributed by atoms with Gasteiger partial charge in [-0.25, -0.2) is 4.98 Å². The van der Waals surface area contributed by atoms with E-state index in [0.717, 1.165) is 16.3 Å². The standard InChI is InChI=1S/C16H19N3O3S/c1-9-7-19(4-3-12(9)16(21)22)15(20)13-5-11(6-17-13)14-8-23-10(2)18-14/h5-6,8-9,12,17H,3-4,7H2,1-2H3,(H,21,22). The van der Waals surface area contributed by atoms with Crippen LogP contribution in [0.4, 0.5) is 0 Å². The van der Waals surface area contributed by atoms with E-state index in [2.05, 4.69) is 9.97 Å². The van der Waals surface area contributed by atoms with Gasteiger partial charge in [0.15, 0.2) is 0 Å². The first-order valence-electron chi connectivity index (χ1n) is 7.58. The molecule has 6 nitrogen and oxygen atoms in total. The number of nitrogens with one attached hydrogen (secondary N) is 1. The van der Waals surface area contributed by atoms with Gasteiger partial charge in [-0.3, -0.25) is 9.59 Å². The van der Waals surface area contributed by atoms with Gasteiger partial charge in [0.05, 0.1) is 16.6 Å². The highest BCUT2D eigenvalue weighted by Gasteiger charge is 2.33. The molecular formula is C16H19N3O3S. The molecule has 0 bridgehead atoms. The maximum Gasteiger partial charge on any atom is 0.306 e. The zero-order valence-electron chi connectivity index (χ0n) is 13.1. The van der Waals surface area contributed by atoms with E-state index in [1.165, 1.54) is 0 Å². The molecule has 0 aromatic carbocycles. The maximum absolute atomic E-state index is 12.6. The zero-order valence-corrected chi connectivity index (χ0v) is 13.9. The fourth-order valence-corrected chi connectivity index (χ4v) is 3.65. The van der Waals surface area contributed by atoms with Crippen molar-refractivity contribution in [3.63, 3.8) is 0 Å². The van der Waals surface area contributed by atoms with Crippen molar-refractivity contribution in [2.45, 2.75) is 20.3 Å². The Morgan fingerprint density at radius 3 is 2.87 bits per heavy atom. The SMILES string of the molecule is Cc1nc(-c2c[nH]c(C(=O)N3CCC(C(=O)O)C(C)C3)c2)cs1. The summed E-state index contributed by atoms with van der Waals surface area (Å²) >= 11 is 1.57. The van der Waals surface area contributed by atoms with Gasteiger partial charge >= 0.3 is 5.97 Å². The van der Waals surface area contributed by atoms with Crippen LogP contribution in [-0.2, 0) is 4.79 Å². The molecule has 3 rings (SSSR count). The van der Waals surface area contributed by atoms with Crippen molar-refractivity contribution >= 4 is 23.2 Å². The molecule has 23 heavy (non-hydrogen) atoms. The second-order valence-corrected chi connectivity index (χ2v) is 7.08. The van der Waals surface area contributed by atoms with Gasteiger partial charge in [-0.15, -0.1) is 11.3 Å². The molecule has 2 aromatic heterocycles. The van der Waals surface area contributed by atoms with E-state index < -0.39 is 5.97 Å². The molecule has 1 aliphatic rings. The molecule has 1 aliphatic heterocycles. The monoisotopic (exact) mass is 333 g/mol.